The second kappa shape index (κ2) is 9.23. The molecule has 0 fully saturated rings. The van der Waals surface area contributed by atoms with Crippen LogP contribution < -0.4 is 4.72 Å². The van der Waals surface area contributed by atoms with Crippen LogP contribution in [0.4, 0.5) is 5.82 Å². The minimum Gasteiger partial charge on any atom is -0.264 e. The Morgan fingerprint density at radius 1 is 1.10 bits per heavy atom. The van der Waals surface area contributed by atoms with Gasteiger partial charge in [0, 0.05) is 24.5 Å². The Hall–Kier alpha value is -2.65. The second-order valence-corrected chi connectivity index (χ2v) is 10.7. The molecule has 162 valence electrons. The highest BCUT2D eigenvalue weighted by Crippen LogP contribution is 2.28. The van der Waals surface area contributed by atoms with Gasteiger partial charge in [-0.25, -0.2) is 13.4 Å². The van der Waals surface area contributed by atoms with Crippen LogP contribution in [0.3, 0.4) is 0 Å². The molecule has 1 unspecified atom stereocenters. The van der Waals surface area contributed by atoms with Gasteiger partial charge in [-0.15, -0.1) is 0 Å². The third kappa shape index (κ3) is 5.74. The van der Waals surface area contributed by atoms with E-state index in [-0.39, 0.29) is 22.5 Å². The van der Waals surface area contributed by atoms with Crippen molar-refractivity contribution in [3.05, 3.63) is 87.1 Å². The van der Waals surface area contributed by atoms with E-state index in [0.29, 0.717) is 15.7 Å². The smallest absolute Gasteiger partial charge is 0.263 e. The summed E-state index contributed by atoms with van der Waals surface area (Å²) in [4.78, 5) is 19.9. The summed E-state index contributed by atoms with van der Waals surface area (Å²) in [6.07, 6.45) is 3.41. The van der Waals surface area contributed by atoms with E-state index in [9.17, 15) is 13.3 Å². The van der Waals surface area contributed by atoms with E-state index in [1.165, 1.54) is 0 Å². The molecule has 0 spiro atoms. The van der Waals surface area contributed by atoms with Crippen molar-refractivity contribution in [1.29, 1.82) is 0 Å². The van der Waals surface area contributed by atoms with Gasteiger partial charge in [0.25, 0.3) is 10.0 Å². The summed E-state index contributed by atoms with van der Waals surface area (Å²) >= 11 is 3.34. The van der Waals surface area contributed by atoms with Crippen molar-refractivity contribution in [2.45, 2.75) is 43.5 Å². The predicted octanol–water partition coefficient (Wildman–Crippen LogP) is 5.39. The van der Waals surface area contributed by atoms with E-state index in [0.717, 1.165) is 5.56 Å². The summed E-state index contributed by atoms with van der Waals surface area (Å²) in [5.74, 6) is 0.147. The van der Waals surface area contributed by atoms with Gasteiger partial charge in [0.15, 0.2) is 5.82 Å². The number of halogens is 1. The molecule has 7 nitrogen and oxygen atoms in total. The number of hydrogen-bond acceptors (Lipinski definition) is 6. The van der Waals surface area contributed by atoms with Crippen molar-refractivity contribution in [1.82, 2.24) is 9.97 Å². The van der Waals surface area contributed by atoms with Crippen LogP contribution in [0.1, 0.15) is 43.6 Å². The summed E-state index contributed by atoms with van der Waals surface area (Å²) in [5, 5.41) is 3.18. The number of aromatic nitrogens is 2. The molecule has 2 aromatic heterocycles. The van der Waals surface area contributed by atoms with Crippen LogP contribution in [0.25, 0.3) is 0 Å². The molecular formula is C22H23BrN4O3S. The minimum atomic E-state index is -3.84. The van der Waals surface area contributed by atoms with Crippen LogP contribution in [0.2, 0.25) is 0 Å². The average molecular weight is 503 g/mol. The maximum Gasteiger partial charge on any atom is 0.263 e. The monoisotopic (exact) mass is 502 g/mol. The van der Waals surface area contributed by atoms with Gasteiger partial charge >= 0.3 is 0 Å². The zero-order valence-electron chi connectivity index (χ0n) is 17.4. The van der Waals surface area contributed by atoms with E-state index >= 15 is 0 Å². The third-order valence-corrected chi connectivity index (χ3v) is 6.76. The van der Waals surface area contributed by atoms with E-state index in [1.54, 1.807) is 48.8 Å². The molecular weight excluding hydrogens is 480 g/mol. The number of sulfonamides is 1. The van der Waals surface area contributed by atoms with Gasteiger partial charge in [-0.3, -0.25) is 9.71 Å². The Morgan fingerprint density at radius 3 is 2.39 bits per heavy atom. The number of hydrogen-bond donors (Lipinski definition) is 1. The lowest BCUT2D eigenvalue weighted by molar-refractivity contribution is 0.587. The fraction of sp³-hybridized carbons (Fsp3) is 0.273. The van der Waals surface area contributed by atoms with Crippen LogP contribution in [0.15, 0.2) is 75.5 Å². The van der Waals surface area contributed by atoms with Gasteiger partial charge in [0.1, 0.15) is 6.04 Å². The standard InChI is InChI=1S/C22H23BrN4O3S/c1-22(2,3)16-6-9-18(10-7-16)31(29,30)27-21-19(23)11-8-17(25-21)13-20(26-28)15-5-4-12-24-14-15/h4-12,14,20H,13H2,1-3H3,(H,25,27). The fourth-order valence-electron chi connectivity index (χ4n) is 2.98. The second-order valence-electron chi connectivity index (χ2n) is 8.12. The Morgan fingerprint density at radius 2 is 1.81 bits per heavy atom. The van der Waals surface area contributed by atoms with Crippen molar-refractivity contribution in [3.8, 4) is 0 Å². The van der Waals surface area contributed by atoms with Crippen LogP contribution in [0.5, 0.6) is 0 Å². The highest BCUT2D eigenvalue weighted by molar-refractivity contribution is 9.10. The van der Waals surface area contributed by atoms with Crippen LogP contribution in [-0.2, 0) is 21.9 Å². The quantitative estimate of drug-likeness (QED) is 0.436. The molecule has 1 aromatic carbocycles. The first-order valence-corrected chi connectivity index (χ1v) is 11.9. The van der Waals surface area contributed by atoms with Crippen molar-refractivity contribution in [2.75, 3.05) is 4.72 Å². The van der Waals surface area contributed by atoms with Gasteiger partial charge in [-0.05, 0) is 62.8 Å². The molecule has 0 aliphatic heterocycles. The number of nitrogens with one attached hydrogen (secondary N) is 1. The number of rotatable bonds is 7. The molecule has 0 amide bonds. The summed E-state index contributed by atoms with van der Waals surface area (Å²) in [7, 11) is -3.84. The summed E-state index contributed by atoms with van der Waals surface area (Å²) in [6.45, 7) is 6.19. The van der Waals surface area contributed by atoms with Gasteiger partial charge in [-0.1, -0.05) is 44.1 Å². The van der Waals surface area contributed by atoms with E-state index < -0.39 is 16.1 Å². The number of nitrogens with zero attached hydrogens (tertiary/aromatic N) is 3. The highest BCUT2D eigenvalue weighted by Gasteiger charge is 2.20. The number of nitroso groups, excluding NO2 is 1. The molecule has 0 aliphatic carbocycles. The van der Waals surface area contributed by atoms with Crippen LogP contribution >= 0.6 is 15.9 Å². The lowest BCUT2D eigenvalue weighted by atomic mass is 9.87. The highest BCUT2D eigenvalue weighted by atomic mass is 79.9. The molecule has 1 N–H and O–H groups in total. The summed E-state index contributed by atoms with van der Waals surface area (Å²) in [6, 6.07) is 13.0. The predicted molar refractivity (Wildman–Crippen MR) is 124 cm³/mol. The molecule has 0 radical (unpaired) electrons. The van der Waals surface area contributed by atoms with Crippen molar-refractivity contribution in [3.63, 3.8) is 0 Å². The van der Waals surface area contributed by atoms with Gasteiger partial charge in [0.05, 0.1) is 9.37 Å². The Balaban J connectivity index is 1.84. The first-order chi connectivity index (χ1) is 14.6. The van der Waals surface area contributed by atoms with E-state index in [4.69, 9.17) is 0 Å². The number of anilines is 1. The molecule has 3 rings (SSSR count). The average Bonchev–Trinajstić information content (AvgIpc) is 2.74. The first-order valence-electron chi connectivity index (χ1n) is 9.61. The summed E-state index contributed by atoms with van der Waals surface area (Å²) in [5.41, 5.74) is 2.16. The van der Waals surface area contributed by atoms with Gasteiger partial charge < -0.3 is 0 Å². The molecule has 0 saturated heterocycles. The lowest BCUT2D eigenvalue weighted by Gasteiger charge is -2.19. The van der Waals surface area contributed by atoms with Crippen LogP contribution in [0, 0.1) is 4.91 Å². The molecule has 0 bridgehead atoms. The molecule has 0 saturated carbocycles. The normalized spacial score (nSPS) is 12.9. The number of benzene rings is 1. The van der Waals surface area contributed by atoms with Crippen molar-refractivity contribution in [2.24, 2.45) is 5.18 Å². The van der Waals surface area contributed by atoms with Crippen molar-refractivity contribution < 1.29 is 8.42 Å². The lowest BCUT2D eigenvalue weighted by Crippen LogP contribution is -2.16. The number of pyridine rings is 2. The molecule has 1 atom stereocenters. The Labute approximate surface area is 190 Å². The van der Waals surface area contributed by atoms with Crippen LogP contribution in [-0.4, -0.2) is 18.4 Å². The Bertz CT molecular complexity index is 1160. The zero-order chi connectivity index (χ0) is 22.6. The molecule has 0 aliphatic rings. The maximum absolute atomic E-state index is 12.9. The zero-order valence-corrected chi connectivity index (χ0v) is 19.8. The fourth-order valence-corrected chi connectivity index (χ4v) is 4.45. The topological polar surface area (TPSA) is 101 Å². The minimum absolute atomic E-state index is 0.0773. The maximum atomic E-state index is 12.9. The molecule has 9 heteroatoms. The molecule has 2 heterocycles. The molecule has 3 aromatic rings. The largest absolute Gasteiger partial charge is 0.264 e. The SMILES string of the molecule is CC(C)(C)c1ccc(S(=O)(=O)Nc2nc(CC(N=O)c3cccnc3)ccc2Br)cc1. The summed E-state index contributed by atoms with van der Waals surface area (Å²) < 4.78 is 28.8. The molecule has 31 heavy (non-hydrogen) atoms. The van der Waals surface area contributed by atoms with E-state index in [2.05, 4.69) is 56.6 Å². The van der Waals surface area contributed by atoms with E-state index in [1.807, 2.05) is 12.1 Å². The van der Waals surface area contributed by atoms with Gasteiger partial charge in [-0.2, -0.15) is 4.91 Å². The third-order valence-electron chi connectivity index (χ3n) is 4.76. The van der Waals surface area contributed by atoms with Crippen molar-refractivity contribution >= 4 is 31.8 Å². The Kier molecular flexibility index (Phi) is 6.86. The first kappa shape index (κ1) is 23.0. The van der Waals surface area contributed by atoms with Gasteiger partial charge in [0.2, 0.25) is 0 Å².